The molecule has 1 aromatic heterocycles. The highest BCUT2D eigenvalue weighted by molar-refractivity contribution is 7.99. The summed E-state index contributed by atoms with van der Waals surface area (Å²) in [6.07, 6.45) is 9.09. The van der Waals surface area contributed by atoms with Crippen molar-refractivity contribution in [2.24, 2.45) is 5.92 Å². The van der Waals surface area contributed by atoms with E-state index in [0.29, 0.717) is 0 Å². The van der Waals surface area contributed by atoms with Gasteiger partial charge in [-0.15, -0.1) is 0 Å². The molecule has 0 spiro atoms. The van der Waals surface area contributed by atoms with E-state index in [1.165, 1.54) is 43.1 Å². The molecule has 120 valence electrons. The fourth-order valence-electron chi connectivity index (χ4n) is 2.33. The van der Waals surface area contributed by atoms with E-state index in [0.717, 1.165) is 30.5 Å². The summed E-state index contributed by atoms with van der Waals surface area (Å²) >= 11 is 1.32. The molecule has 0 saturated heterocycles. The van der Waals surface area contributed by atoms with E-state index in [2.05, 4.69) is 30.3 Å². The zero-order chi connectivity index (χ0) is 15.7. The summed E-state index contributed by atoms with van der Waals surface area (Å²) in [6, 6.07) is 0. The van der Waals surface area contributed by atoms with Gasteiger partial charge >= 0.3 is 5.97 Å². The lowest BCUT2D eigenvalue weighted by Crippen LogP contribution is -2.06. The zero-order valence-electron chi connectivity index (χ0n) is 13.5. The average molecular weight is 312 g/mol. The van der Waals surface area contributed by atoms with Gasteiger partial charge in [0.25, 0.3) is 0 Å². The second kappa shape index (κ2) is 9.87. The quantitative estimate of drug-likeness (QED) is 0.491. The number of nitrogens with zero attached hydrogens (tertiary/aromatic N) is 2. The van der Waals surface area contributed by atoms with Gasteiger partial charge in [-0.2, -0.15) is 0 Å². The molecule has 0 aliphatic carbocycles. The first-order valence-electron chi connectivity index (χ1n) is 7.93. The Morgan fingerprint density at radius 3 is 2.67 bits per heavy atom. The van der Waals surface area contributed by atoms with Crippen molar-refractivity contribution in [2.75, 3.05) is 5.75 Å². The van der Waals surface area contributed by atoms with Gasteiger partial charge in [-0.05, 0) is 18.8 Å². The van der Waals surface area contributed by atoms with E-state index in [1.807, 2.05) is 6.20 Å². The summed E-state index contributed by atoms with van der Waals surface area (Å²) in [7, 11) is 0. The lowest BCUT2D eigenvalue weighted by Gasteiger charge is -2.10. The standard InChI is InChI=1S/C16H28N2O2S/c1-4-14-11-17-16(21-12-15(19)20)18(14)10-8-6-5-7-9-13(2)3/h11,13H,4-10,12H2,1-3H3,(H,19,20). The highest BCUT2D eigenvalue weighted by Crippen LogP contribution is 2.20. The van der Waals surface area contributed by atoms with Crippen LogP contribution in [0.5, 0.6) is 0 Å². The molecule has 0 amide bonds. The lowest BCUT2D eigenvalue weighted by atomic mass is 10.0. The van der Waals surface area contributed by atoms with Gasteiger partial charge in [0, 0.05) is 18.4 Å². The zero-order valence-corrected chi connectivity index (χ0v) is 14.3. The number of aliphatic carboxylic acids is 1. The minimum absolute atomic E-state index is 0.0779. The third-order valence-electron chi connectivity index (χ3n) is 3.50. The molecular formula is C16H28N2O2S. The lowest BCUT2D eigenvalue weighted by molar-refractivity contribution is -0.133. The van der Waals surface area contributed by atoms with Crippen LogP contribution in [-0.4, -0.2) is 26.4 Å². The van der Waals surface area contributed by atoms with Crippen LogP contribution >= 0.6 is 11.8 Å². The first-order valence-corrected chi connectivity index (χ1v) is 8.92. The second-order valence-corrected chi connectivity index (χ2v) is 6.76. The fraction of sp³-hybridized carbons (Fsp3) is 0.750. The number of thioether (sulfide) groups is 1. The Hall–Kier alpha value is -0.970. The normalized spacial score (nSPS) is 11.2. The molecule has 1 N–H and O–H groups in total. The minimum atomic E-state index is -0.790. The van der Waals surface area contributed by atoms with Crippen molar-refractivity contribution in [2.45, 2.75) is 71.0 Å². The molecule has 4 nitrogen and oxygen atoms in total. The van der Waals surface area contributed by atoms with E-state index >= 15 is 0 Å². The number of carbonyl (C=O) groups is 1. The van der Waals surface area contributed by atoms with E-state index in [1.54, 1.807) is 0 Å². The number of rotatable bonds is 11. The number of unbranched alkanes of at least 4 members (excludes halogenated alkanes) is 3. The van der Waals surface area contributed by atoms with Gasteiger partial charge in [-0.3, -0.25) is 4.79 Å². The number of carboxylic acids is 1. The molecule has 0 unspecified atom stereocenters. The molecule has 1 rings (SSSR count). The molecule has 0 saturated carbocycles. The topological polar surface area (TPSA) is 55.1 Å². The molecular weight excluding hydrogens is 284 g/mol. The third-order valence-corrected chi connectivity index (χ3v) is 4.48. The molecule has 0 bridgehead atoms. The maximum atomic E-state index is 10.7. The molecule has 0 aromatic carbocycles. The number of aromatic nitrogens is 2. The van der Waals surface area contributed by atoms with Gasteiger partial charge in [0.15, 0.2) is 5.16 Å². The van der Waals surface area contributed by atoms with Crippen molar-refractivity contribution in [1.29, 1.82) is 0 Å². The van der Waals surface area contributed by atoms with Crippen LogP contribution in [0.25, 0.3) is 0 Å². The summed E-state index contributed by atoms with van der Waals surface area (Å²) in [5.74, 6) is 0.0832. The van der Waals surface area contributed by atoms with Crippen molar-refractivity contribution in [3.05, 3.63) is 11.9 Å². The summed E-state index contributed by atoms with van der Waals surface area (Å²) < 4.78 is 2.19. The van der Waals surface area contributed by atoms with E-state index < -0.39 is 5.97 Å². The SMILES string of the molecule is CCc1cnc(SCC(=O)O)n1CCCCCCC(C)C. The molecule has 0 aliphatic rings. The Balaban J connectivity index is 2.41. The van der Waals surface area contributed by atoms with Crippen molar-refractivity contribution < 1.29 is 9.90 Å². The number of hydrogen-bond donors (Lipinski definition) is 1. The molecule has 0 aliphatic heterocycles. The molecule has 5 heteroatoms. The molecule has 0 radical (unpaired) electrons. The minimum Gasteiger partial charge on any atom is -0.481 e. The number of aryl methyl sites for hydroxylation is 1. The second-order valence-electron chi connectivity index (χ2n) is 5.82. The van der Waals surface area contributed by atoms with Crippen LogP contribution in [0.3, 0.4) is 0 Å². The highest BCUT2D eigenvalue weighted by atomic mass is 32.2. The van der Waals surface area contributed by atoms with E-state index in [4.69, 9.17) is 5.11 Å². The van der Waals surface area contributed by atoms with Gasteiger partial charge in [0.1, 0.15) is 0 Å². The van der Waals surface area contributed by atoms with E-state index in [-0.39, 0.29) is 5.75 Å². The maximum Gasteiger partial charge on any atom is 0.313 e. The van der Waals surface area contributed by atoms with Crippen molar-refractivity contribution in [3.63, 3.8) is 0 Å². The number of carboxylic acid groups (broad SMARTS) is 1. The largest absolute Gasteiger partial charge is 0.481 e. The van der Waals surface area contributed by atoms with Gasteiger partial charge in [0.2, 0.25) is 0 Å². The van der Waals surface area contributed by atoms with Crippen LogP contribution in [0.4, 0.5) is 0 Å². The first kappa shape index (κ1) is 18.1. The van der Waals surface area contributed by atoms with E-state index in [9.17, 15) is 4.79 Å². The molecule has 1 aromatic rings. The monoisotopic (exact) mass is 312 g/mol. The highest BCUT2D eigenvalue weighted by Gasteiger charge is 2.10. The number of hydrogen-bond acceptors (Lipinski definition) is 3. The van der Waals surface area contributed by atoms with Gasteiger partial charge < -0.3 is 9.67 Å². The van der Waals surface area contributed by atoms with Crippen LogP contribution in [0.1, 0.15) is 58.6 Å². The smallest absolute Gasteiger partial charge is 0.313 e. The Kier molecular flexibility index (Phi) is 8.50. The number of imidazole rings is 1. The van der Waals surface area contributed by atoms with Crippen LogP contribution in [0, 0.1) is 5.92 Å². The molecule has 21 heavy (non-hydrogen) atoms. The predicted molar refractivity (Wildman–Crippen MR) is 87.9 cm³/mol. The van der Waals surface area contributed by atoms with Crippen molar-refractivity contribution in [3.8, 4) is 0 Å². The average Bonchev–Trinajstić information content (AvgIpc) is 2.82. The predicted octanol–water partition coefficient (Wildman–Crippen LogP) is 4.23. The molecule has 0 atom stereocenters. The summed E-state index contributed by atoms with van der Waals surface area (Å²) in [5, 5.41) is 9.63. The van der Waals surface area contributed by atoms with Crippen LogP contribution < -0.4 is 0 Å². The fourth-order valence-corrected chi connectivity index (χ4v) is 3.08. The maximum absolute atomic E-state index is 10.7. The van der Waals surface area contributed by atoms with Gasteiger partial charge in [0.05, 0.1) is 5.75 Å². The van der Waals surface area contributed by atoms with Crippen molar-refractivity contribution in [1.82, 2.24) is 9.55 Å². The van der Waals surface area contributed by atoms with Gasteiger partial charge in [-0.25, -0.2) is 4.98 Å². The summed E-state index contributed by atoms with van der Waals surface area (Å²) in [4.78, 5) is 15.0. The Morgan fingerprint density at radius 1 is 1.33 bits per heavy atom. The Bertz CT molecular complexity index is 430. The Morgan fingerprint density at radius 2 is 2.05 bits per heavy atom. The summed E-state index contributed by atoms with van der Waals surface area (Å²) in [5.41, 5.74) is 1.20. The van der Waals surface area contributed by atoms with Crippen molar-refractivity contribution >= 4 is 17.7 Å². The van der Waals surface area contributed by atoms with Crippen LogP contribution in [0.2, 0.25) is 0 Å². The third kappa shape index (κ3) is 7.02. The Labute approximate surface area is 132 Å². The van der Waals surface area contributed by atoms with Gasteiger partial charge in [-0.1, -0.05) is 58.2 Å². The summed E-state index contributed by atoms with van der Waals surface area (Å²) in [6.45, 7) is 7.60. The first-order chi connectivity index (χ1) is 10.0. The van der Waals surface area contributed by atoms with Crippen LogP contribution in [-0.2, 0) is 17.8 Å². The molecule has 1 heterocycles. The molecule has 0 fully saturated rings. The van der Waals surface area contributed by atoms with Crippen LogP contribution in [0.15, 0.2) is 11.4 Å².